The van der Waals surface area contributed by atoms with Crippen molar-refractivity contribution in [2.45, 2.75) is 4.83 Å². The van der Waals surface area contributed by atoms with E-state index in [4.69, 9.17) is 27.9 Å². The number of benzene rings is 2. The van der Waals surface area contributed by atoms with Crippen LogP contribution in [-0.2, 0) is 0 Å². The van der Waals surface area contributed by atoms with Gasteiger partial charge in [-0.1, -0.05) is 57.3 Å². The van der Waals surface area contributed by atoms with Gasteiger partial charge in [0.15, 0.2) is 0 Å². The molecule has 0 saturated carbocycles. The largest absolute Gasteiger partial charge is 0.495 e. The fourth-order valence-corrected chi connectivity index (χ4v) is 3.94. The standard InChI is InChI=1S/C14H10Br2Cl2O/c1-19-14-10(6-8(17)7-11(14)15)13(16)9-4-2-3-5-12(9)18/h2-7,13H,1H3. The van der Waals surface area contributed by atoms with E-state index in [-0.39, 0.29) is 4.83 Å². The molecule has 2 aromatic carbocycles. The molecule has 0 amide bonds. The second-order valence-corrected chi connectivity index (χ2v) is 6.51. The molecule has 0 aromatic heterocycles. The minimum Gasteiger partial charge on any atom is -0.495 e. The molecule has 0 bridgehead atoms. The van der Waals surface area contributed by atoms with Crippen LogP contribution >= 0.6 is 55.1 Å². The van der Waals surface area contributed by atoms with Gasteiger partial charge in [0.1, 0.15) is 5.75 Å². The molecule has 2 aromatic rings. The summed E-state index contributed by atoms with van der Waals surface area (Å²) in [5.41, 5.74) is 1.90. The van der Waals surface area contributed by atoms with Crippen LogP contribution in [0.1, 0.15) is 16.0 Å². The van der Waals surface area contributed by atoms with Crippen molar-refractivity contribution in [1.82, 2.24) is 0 Å². The molecule has 100 valence electrons. The Morgan fingerprint density at radius 2 is 1.79 bits per heavy atom. The highest BCUT2D eigenvalue weighted by Crippen LogP contribution is 2.43. The lowest BCUT2D eigenvalue weighted by Crippen LogP contribution is -1.99. The van der Waals surface area contributed by atoms with Crippen LogP contribution in [0, 0.1) is 0 Å². The third-order valence-electron chi connectivity index (χ3n) is 2.69. The number of methoxy groups -OCH3 is 1. The normalized spacial score (nSPS) is 12.3. The van der Waals surface area contributed by atoms with Crippen molar-refractivity contribution < 1.29 is 4.74 Å². The van der Waals surface area contributed by atoms with Crippen LogP contribution in [0.25, 0.3) is 0 Å². The molecule has 0 fully saturated rings. The Morgan fingerprint density at radius 1 is 1.11 bits per heavy atom. The highest BCUT2D eigenvalue weighted by atomic mass is 79.9. The number of halogens is 4. The molecule has 1 nitrogen and oxygen atoms in total. The molecule has 0 spiro atoms. The Labute approximate surface area is 139 Å². The first kappa shape index (κ1) is 15.2. The molecule has 0 aliphatic heterocycles. The maximum atomic E-state index is 6.23. The lowest BCUT2D eigenvalue weighted by molar-refractivity contribution is 0.408. The van der Waals surface area contributed by atoms with Gasteiger partial charge in [0, 0.05) is 15.6 Å². The van der Waals surface area contributed by atoms with Crippen molar-refractivity contribution in [3.8, 4) is 5.75 Å². The first-order valence-corrected chi connectivity index (χ1v) is 7.92. The Kier molecular flexibility index (Phi) is 5.18. The van der Waals surface area contributed by atoms with E-state index in [2.05, 4.69) is 31.9 Å². The fourth-order valence-electron chi connectivity index (χ4n) is 1.83. The second-order valence-electron chi connectivity index (χ2n) is 3.89. The zero-order valence-electron chi connectivity index (χ0n) is 9.96. The van der Waals surface area contributed by atoms with E-state index >= 15 is 0 Å². The molecule has 2 rings (SSSR count). The molecule has 1 atom stereocenters. The van der Waals surface area contributed by atoms with Crippen molar-refractivity contribution >= 4 is 55.1 Å². The van der Waals surface area contributed by atoms with Crippen molar-refractivity contribution in [3.63, 3.8) is 0 Å². The van der Waals surface area contributed by atoms with E-state index in [1.54, 1.807) is 13.2 Å². The molecule has 0 aliphatic rings. The number of rotatable bonds is 3. The first-order valence-electron chi connectivity index (χ1n) is 5.46. The minimum absolute atomic E-state index is 0.0915. The molecule has 0 aliphatic carbocycles. The fraction of sp³-hybridized carbons (Fsp3) is 0.143. The van der Waals surface area contributed by atoms with E-state index in [0.29, 0.717) is 10.0 Å². The second kappa shape index (κ2) is 6.49. The summed E-state index contributed by atoms with van der Waals surface area (Å²) in [6, 6.07) is 11.3. The molecule has 0 radical (unpaired) electrons. The van der Waals surface area contributed by atoms with Crippen LogP contribution in [0.4, 0.5) is 0 Å². The summed E-state index contributed by atoms with van der Waals surface area (Å²) < 4.78 is 6.25. The van der Waals surface area contributed by atoms with Gasteiger partial charge in [-0.25, -0.2) is 0 Å². The van der Waals surface area contributed by atoms with Crippen LogP contribution in [0.5, 0.6) is 5.75 Å². The van der Waals surface area contributed by atoms with Gasteiger partial charge >= 0.3 is 0 Å². The van der Waals surface area contributed by atoms with Gasteiger partial charge in [-0.15, -0.1) is 0 Å². The third kappa shape index (κ3) is 3.27. The van der Waals surface area contributed by atoms with Crippen LogP contribution in [0.15, 0.2) is 40.9 Å². The third-order valence-corrected chi connectivity index (χ3v) is 4.83. The predicted octanol–water partition coefficient (Wildman–Crippen LogP) is 6.25. The van der Waals surface area contributed by atoms with E-state index in [9.17, 15) is 0 Å². The van der Waals surface area contributed by atoms with Crippen molar-refractivity contribution in [2.75, 3.05) is 7.11 Å². The van der Waals surface area contributed by atoms with Crippen LogP contribution in [-0.4, -0.2) is 7.11 Å². The molecule has 5 heteroatoms. The smallest absolute Gasteiger partial charge is 0.137 e. The number of ether oxygens (including phenoxy) is 1. The summed E-state index contributed by atoms with van der Waals surface area (Å²) in [4.78, 5) is -0.0915. The van der Waals surface area contributed by atoms with Gasteiger partial charge < -0.3 is 4.74 Å². The average Bonchev–Trinajstić information content (AvgIpc) is 2.37. The van der Waals surface area contributed by atoms with E-state index < -0.39 is 0 Å². The van der Waals surface area contributed by atoms with Crippen molar-refractivity contribution in [2.24, 2.45) is 0 Å². The summed E-state index contributed by atoms with van der Waals surface area (Å²) in [6.07, 6.45) is 0. The van der Waals surface area contributed by atoms with Crippen molar-refractivity contribution in [3.05, 3.63) is 62.0 Å². The highest BCUT2D eigenvalue weighted by molar-refractivity contribution is 9.10. The maximum absolute atomic E-state index is 6.23. The van der Waals surface area contributed by atoms with E-state index in [1.807, 2.05) is 30.3 Å². The monoisotopic (exact) mass is 422 g/mol. The molecule has 19 heavy (non-hydrogen) atoms. The molecular weight excluding hydrogens is 415 g/mol. The van der Waals surface area contributed by atoms with Crippen molar-refractivity contribution in [1.29, 1.82) is 0 Å². The highest BCUT2D eigenvalue weighted by Gasteiger charge is 2.20. The van der Waals surface area contributed by atoms with Gasteiger partial charge in [0.05, 0.1) is 16.4 Å². The van der Waals surface area contributed by atoms with Crippen LogP contribution < -0.4 is 4.74 Å². The number of hydrogen-bond acceptors (Lipinski definition) is 1. The minimum atomic E-state index is -0.0915. The van der Waals surface area contributed by atoms with E-state index in [1.165, 1.54) is 0 Å². The topological polar surface area (TPSA) is 9.23 Å². The molecule has 0 heterocycles. The Morgan fingerprint density at radius 3 is 2.42 bits per heavy atom. The predicted molar refractivity (Wildman–Crippen MR) is 87.9 cm³/mol. The zero-order chi connectivity index (χ0) is 14.0. The number of hydrogen-bond donors (Lipinski definition) is 0. The van der Waals surface area contributed by atoms with Crippen LogP contribution in [0.2, 0.25) is 10.0 Å². The Bertz CT molecular complexity index is 602. The Balaban J connectivity index is 2.55. The van der Waals surface area contributed by atoms with Gasteiger partial charge in [-0.2, -0.15) is 0 Å². The lowest BCUT2D eigenvalue weighted by Gasteiger charge is -2.17. The molecule has 0 saturated heterocycles. The van der Waals surface area contributed by atoms with Gasteiger partial charge in [0.25, 0.3) is 0 Å². The maximum Gasteiger partial charge on any atom is 0.137 e. The summed E-state index contributed by atoms with van der Waals surface area (Å²) in [5, 5.41) is 1.33. The molecule has 0 N–H and O–H groups in total. The summed E-state index contributed by atoms with van der Waals surface area (Å²) in [5.74, 6) is 0.742. The van der Waals surface area contributed by atoms with Gasteiger partial charge in [-0.3, -0.25) is 0 Å². The lowest BCUT2D eigenvalue weighted by atomic mass is 10.0. The zero-order valence-corrected chi connectivity index (χ0v) is 14.6. The van der Waals surface area contributed by atoms with E-state index in [0.717, 1.165) is 21.3 Å². The van der Waals surface area contributed by atoms with Crippen LogP contribution in [0.3, 0.4) is 0 Å². The van der Waals surface area contributed by atoms with Gasteiger partial charge in [-0.05, 0) is 39.7 Å². The van der Waals surface area contributed by atoms with Gasteiger partial charge in [0.2, 0.25) is 0 Å². The number of alkyl halides is 1. The molecular formula is C14H10Br2Cl2O. The Hall–Kier alpha value is -0.220. The average molecular weight is 425 g/mol. The quantitative estimate of drug-likeness (QED) is 0.529. The molecule has 1 unspecified atom stereocenters. The summed E-state index contributed by atoms with van der Waals surface area (Å²) in [6.45, 7) is 0. The SMILES string of the molecule is COc1c(Br)cc(Cl)cc1C(Br)c1ccccc1Cl. The summed E-state index contributed by atoms with van der Waals surface area (Å²) in [7, 11) is 1.63. The summed E-state index contributed by atoms with van der Waals surface area (Å²) >= 11 is 19.5. The first-order chi connectivity index (χ1) is 9.04.